The molecule has 2 atom stereocenters. The number of aryl methyl sites for hydroxylation is 1. The minimum Gasteiger partial charge on any atom is -0.493 e. The Labute approximate surface area is 269 Å². The average molecular weight is 624 g/mol. The van der Waals surface area contributed by atoms with E-state index in [1.165, 1.54) is 0 Å². The molecule has 0 aliphatic carbocycles. The molecule has 3 aliphatic rings. The van der Waals surface area contributed by atoms with Gasteiger partial charge in [0.05, 0.1) is 25.1 Å². The van der Waals surface area contributed by atoms with Crippen LogP contribution in [0.25, 0.3) is 21.9 Å². The van der Waals surface area contributed by atoms with Crippen molar-refractivity contribution in [3.05, 3.63) is 78.1 Å². The van der Waals surface area contributed by atoms with Gasteiger partial charge in [0, 0.05) is 60.8 Å². The molecule has 0 bridgehead atoms. The first-order valence-corrected chi connectivity index (χ1v) is 16.2. The van der Waals surface area contributed by atoms with E-state index in [0.717, 1.165) is 64.1 Å². The number of benzene rings is 3. The van der Waals surface area contributed by atoms with Crippen LogP contribution in [0.3, 0.4) is 0 Å². The van der Waals surface area contributed by atoms with E-state index in [1.54, 1.807) is 0 Å². The number of carboxylic acid groups (broad SMARTS) is 1. The summed E-state index contributed by atoms with van der Waals surface area (Å²) in [5, 5.41) is 17.9. The van der Waals surface area contributed by atoms with Gasteiger partial charge in [-0.25, -0.2) is 4.79 Å². The monoisotopic (exact) mass is 623 g/mol. The summed E-state index contributed by atoms with van der Waals surface area (Å²) < 4.78 is 13.8. The van der Waals surface area contributed by atoms with Crippen molar-refractivity contribution in [1.82, 2.24) is 19.6 Å². The average Bonchev–Trinajstić information content (AvgIpc) is 3.55. The highest BCUT2D eigenvalue weighted by atomic mass is 16.5. The standard InChI is InChI=1S/C36H41N5O5/c1-38-16-8-17-41-33-27(28-21-37-39(2)30(28)22-38)12-6-13-29(33)36(34(41)35(43)44,24-40-18-20-45-23-32(40)42)15-7-19-46-31-14-5-10-25-9-3-4-11-26(25)31/h3-6,9-14,21,34H,7-8,15-20,22-24H2,1-2H3,(H,43,44). The molecule has 7 rings (SSSR count). The van der Waals surface area contributed by atoms with Gasteiger partial charge in [-0.05, 0) is 49.9 Å². The van der Waals surface area contributed by atoms with E-state index in [-0.39, 0.29) is 12.5 Å². The quantitative estimate of drug-likeness (QED) is 0.290. The Kier molecular flexibility index (Phi) is 8.16. The SMILES string of the molecule is CN1CCCN2c3c(cccc3C(CCCOc3cccc4ccccc34)(CN3CCOCC3=O)C2C(=O)O)-c2cnn(C)c2C1. The number of carbonyl (C=O) groups is 2. The molecule has 10 heteroatoms. The summed E-state index contributed by atoms with van der Waals surface area (Å²) >= 11 is 0. The molecular weight excluding hydrogens is 582 g/mol. The predicted octanol–water partition coefficient (Wildman–Crippen LogP) is 4.30. The fourth-order valence-corrected chi connectivity index (χ4v) is 7.85. The number of morpholine rings is 1. The van der Waals surface area contributed by atoms with Gasteiger partial charge in [0.25, 0.3) is 0 Å². The topological polar surface area (TPSA) is 100 Å². The van der Waals surface area contributed by atoms with E-state index in [9.17, 15) is 14.7 Å². The molecule has 4 aromatic rings. The fourth-order valence-electron chi connectivity index (χ4n) is 7.85. The van der Waals surface area contributed by atoms with Crippen molar-refractivity contribution >= 4 is 28.3 Å². The van der Waals surface area contributed by atoms with E-state index in [0.29, 0.717) is 45.7 Å². The Morgan fingerprint density at radius 2 is 1.87 bits per heavy atom. The molecule has 1 fully saturated rings. The van der Waals surface area contributed by atoms with E-state index in [4.69, 9.17) is 9.47 Å². The summed E-state index contributed by atoms with van der Waals surface area (Å²) in [6.07, 6.45) is 3.85. The number of aromatic nitrogens is 2. The van der Waals surface area contributed by atoms with Gasteiger partial charge in [-0.15, -0.1) is 0 Å². The number of anilines is 1. The maximum absolute atomic E-state index is 13.6. The number of carbonyl (C=O) groups excluding carboxylic acids is 1. The van der Waals surface area contributed by atoms with Gasteiger partial charge in [-0.3, -0.25) is 9.48 Å². The number of fused-ring (bicyclic) bond motifs is 3. The largest absolute Gasteiger partial charge is 0.493 e. The predicted molar refractivity (Wildman–Crippen MR) is 176 cm³/mol. The third-order valence-corrected chi connectivity index (χ3v) is 9.97. The van der Waals surface area contributed by atoms with Crippen molar-refractivity contribution in [1.29, 1.82) is 0 Å². The van der Waals surface area contributed by atoms with Crippen molar-refractivity contribution in [3.63, 3.8) is 0 Å². The lowest BCUT2D eigenvalue weighted by Gasteiger charge is -2.41. The van der Waals surface area contributed by atoms with Crippen molar-refractivity contribution in [2.24, 2.45) is 7.05 Å². The number of carboxylic acids is 1. The van der Waals surface area contributed by atoms with Crippen LogP contribution in [0.2, 0.25) is 0 Å². The van der Waals surface area contributed by atoms with Crippen molar-refractivity contribution < 1.29 is 24.2 Å². The molecule has 0 radical (unpaired) electrons. The summed E-state index contributed by atoms with van der Waals surface area (Å²) in [5.74, 6) is -0.172. The number of rotatable bonds is 8. The normalized spacial score (nSPS) is 21.7. The maximum atomic E-state index is 13.6. The minimum absolute atomic E-state index is 0.0139. The number of amides is 1. The third-order valence-electron chi connectivity index (χ3n) is 9.97. The van der Waals surface area contributed by atoms with Crippen LogP contribution in [0, 0.1) is 0 Å². The lowest BCUT2D eigenvalue weighted by Crippen LogP contribution is -2.58. The van der Waals surface area contributed by atoms with E-state index in [1.807, 2.05) is 53.2 Å². The third kappa shape index (κ3) is 5.29. The minimum atomic E-state index is -0.880. The van der Waals surface area contributed by atoms with Gasteiger partial charge in [-0.1, -0.05) is 54.6 Å². The summed E-state index contributed by atoms with van der Waals surface area (Å²) in [4.78, 5) is 32.9. The van der Waals surface area contributed by atoms with Crippen LogP contribution in [0.15, 0.2) is 66.9 Å². The highest BCUT2D eigenvalue weighted by Gasteiger charge is 2.56. The van der Waals surface area contributed by atoms with Crippen LogP contribution in [0.1, 0.15) is 30.5 Å². The van der Waals surface area contributed by atoms with E-state index in [2.05, 4.69) is 52.3 Å². The molecule has 3 aliphatic heterocycles. The van der Waals surface area contributed by atoms with Crippen molar-refractivity contribution in [3.8, 4) is 16.9 Å². The van der Waals surface area contributed by atoms with Gasteiger partial charge >= 0.3 is 5.97 Å². The van der Waals surface area contributed by atoms with Crippen molar-refractivity contribution in [2.75, 3.05) is 57.9 Å². The first-order chi connectivity index (χ1) is 22.4. The van der Waals surface area contributed by atoms with Gasteiger partial charge in [0.2, 0.25) is 5.91 Å². The maximum Gasteiger partial charge on any atom is 0.327 e. The number of hydrogen-bond acceptors (Lipinski definition) is 7. The van der Waals surface area contributed by atoms with Crippen LogP contribution in [-0.2, 0) is 33.3 Å². The van der Waals surface area contributed by atoms with Crippen LogP contribution in [-0.4, -0.2) is 95.7 Å². The second-order valence-electron chi connectivity index (χ2n) is 12.8. The van der Waals surface area contributed by atoms with E-state index >= 15 is 0 Å². The van der Waals surface area contributed by atoms with Gasteiger partial charge in [0.15, 0.2) is 0 Å². The molecular formula is C36H41N5O5. The molecule has 1 aromatic heterocycles. The summed E-state index contributed by atoms with van der Waals surface area (Å²) in [6.45, 7) is 3.76. The Bertz CT molecular complexity index is 1770. The smallest absolute Gasteiger partial charge is 0.327 e. The second-order valence-corrected chi connectivity index (χ2v) is 12.8. The van der Waals surface area contributed by atoms with Gasteiger partial charge in [0.1, 0.15) is 18.4 Å². The molecule has 10 nitrogen and oxygen atoms in total. The lowest BCUT2D eigenvalue weighted by atomic mass is 9.72. The second kappa shape index (κ2) is 12.4. The molecule has 1 saturated heterocycles. The first-order valence-electron chi connectivity index (χ1n) is 16.2. The van der Waals surface area contributed by atoms with E-state index < -0.39 is 17.4 Å². The van der Waals surface area contributed by atoms with Gasteiger partial charge in [-0.2, -0.15) is 5.10 Å². The Morgan fingerprint density at radius 3 is 2.72 bits per heavy atom. The number of ether oxygens (including phenoxy) is 2. The molecule has 4 heterocycles. The van der Waals surface area contributed by atoms with Crippen LogP contribution >= 0.6 is 0 Å². The highest BCUT2D eigenvalue weighted by Crippen LogP contribution is 2.53. The number of para-hydroxylation sites is 1. The summed E-state index contributed by atoms with van der Waals surface area (Å²) in [6, 6.07) is 19.5. The van der Waals surface area contributed by atoms with Gasteiger partial charge < -0.3 is 29.3 Å². The molecule has 0 saturated carbocycles. The zero-order chi connectivity index (χ0) is 31.8. The lowest BCUT2D eigenvalue weighted by molar-refractivity contribution is -0.147. The zero-order valence-corrected chi connectivity index (χ0v) is 26.5. The van der Waals surface area contributed by atoms with Crippen LogP contribution in [0.5, 0.6) is 5.75 Å². The van der Waals surface area contributed by atoms with Crippen LogP contribution < -0.4 is 9.64 Å². The molecule has 0 spiro atoms. The fraction of sp³-hybridized carbons (Fsp3) is 0.417. The molecule has 3 aromatic carbocycles. The number of nitrogens with zero attached hydrogens (tertiary/aromatic N) is 5. The summed E-state index contributed by atoms with van der Waals surface area (Å²) in [7, 11) is 4.06. The number of hydrogen-bond donors (Lipinski definition) is 1. The highest BCUT2D eigenvalue weighted by molar-refractivity contribution is 5.93. The number of aliphatic carboxylic acids is 1. The summed E-state index contributed by atoms with van der Waals surface area (Å²) in [5.41, 5.74) is 4.15. The molecule has 240 valence electrons. The zero-order valence-electron chi connectivity index (χ0n) is 26.5. The van der Waals surface area contributed by atoms with Crippen molar-refractivity contribution in [2.45, 2.75) is 37.3 Å². The Hall–Kier alpha value is -4.41. The molecule has 1 amide bonds. The first kappa shape index (κ1) is 30.3. The van der Waals surface area contributed by atoms with Crippen LogP contribution in [0.4, 0.5) is 5.69 Å². The molecule has 2 unspecified atom stereocenters. The Morgan fingerprint density at radius 1 is 1.04 bits per heavy atom. The molecule has 1 N–H and O–H groups in total. The molecule has 46 heavy (non-hydrogen) atoms. The Balaban J connectivity index is 1.31.